The summed E-state index contributed by atoms with van der Waals surface area (Å²) in [4.78, 5) is 15.8. The smallest absolute Gasteiger partial charge is 0.280 e. The Hall–Kier alpha value is -3.20. The maximum Gasteiger partial charge on any atom is 0.280 e. The number of methoxy groups -OCH3 is 1. The third-order valence-electron chi connectivity index (χ3n) is 7.54. The summed E-state index contributed by atoms with van der Waals surface area (Å²) in [5.41, 5.74) is 5.79. The van der Waals surface area contributed by atoms with Crippen molar-refractivity contribution in [1.82, 2.24) is 10.2 Å². The van der Waals surface area contributed by atoms with Crippen molar-refractivity contribution in [3.63, 3.8) is 0 Å². The van der Waals surface area contributed by atoms with E-state index in [2.05, 4.69) is 58.2 Å². The number of aromatic nitrogens is 2. The standard InChI is InChI=1S/C29H31N3O4S/c1-28(2)35-16-29(3,17-36-28)26-23-24(30-31-26)27(33)32(25(23)21-7-5-6-8-22(21)34-4)20-11-9-18(10-12-20)19-13-14-37-15-19/h5,7,9-15,25H,6,8,16-17H2,1-4H3,(H,30,31). The largest absolute Gasteiger partial charge is 0.501 e. The van der Waals surface area contributed by atoms with Gasteiger partial charge in [-0.05, 0) is 67.3 Å². The van der Waals surface area contributed by atoms with Crippen LogP contribution in [-0.4, -0.2) is 42.2 Å². The van der Waals surface area contributed by atoms with E-state index >= 15 is 0 Å². The van der Waals surface area contributed by atoms with Gasteiger partial charge in [-0.3, -0.25) is 14.8 Å². The number of fused-ring (bicyclic) bond motifs is 1. The molecule has 2 aliphatic heterocycles. The molecule has 2 aromatic heterocycles. The highest BCUT2D eigenvalue weighted by atomic mass is 32.1. The van der Waals surface area contributed by atoms with Crippen molar-refractivity contribution in [2.75, 3.05) is 25.2 Å². The van der Waals surface area contributed by atoms with Crippen molar-refractivity contribution in [3.8, 4) is 11.1 Å². The molecule has 1 aromatic carbocycles. The molecule has 1 saturated heterocycles. The summed E-state index contributed by atoms with van der Waals surface area (Å²) < 4.78 is 18.0. The number of hydrogen-bond donors (Lipinski definition) is 1. The molecule has 1 atom stereocenters. The van der Waals surface area contributed by atoms with Crippen molar-refractivity contribution in [3.05, 3.63) is 81.5 Å². The van der Waals surface area contributed by atoms with Gasteiger partial charge in [0.2, 0.25) is 0 Å². The van der Waals surface area contributed by atoms with Crippen LogP contribution in [0.1, 0.15) is 61.4 Å². The Balaban J connectivity index is 1.47. The lowest BCUT2D eigenvalue weighted by Gasteiger charge is -2.41. The lowest BCUT2D eigenvalue weighted by Crippen LogP contribution is -2.48. The fraction of sp³-hybridized carbons (Fsp3) is 0.379. The van der Waals surface area contributed by atoms with E-state index in [0.29, 0.717) is 18.9 Å². The number of aromatic amines is 1. The number of rotatable bonds is 5. The topological polar surface area (TPSA) is 76.7 Å². The van der Waals surface area contributed by atoms with Crippen LogP contribution in [0.3, 0.4) is 0 Å². The Bertz CT molecular complexity index is 1370. The van der Waals surface area contributed by atoms with Crippen molar-refractivity contribution >= 4 is 22.9 Å². The second kappa shape index (κ2) is 8.97. The van der Waals surface area contributed by atoms with Gasteiger partial charge < -0.3 is 14.2 Å². The Kier molecular flexibility index (Phi) is 5.86. The first-order valence-electron chi connectivity index (χ1n) is 12.6. The van der Waals surface area contributed by atoms with Gasteiger partial charge >= 0.3 is 0 Å². The van der Waals surface area contributed by atoms with E-state index in [-0.39, 0.29) is 11.9 Å². The zero-order chi connectivity index (χ0) is 25.8. The minimum atomic E-state index is -0.647. The van der Waals surface area contributed by atoms with Gasteiger partial charge in [0.1, 0.15) is 5.76 Å². The lowest BCUT2D eigenvalue weighted by atomic mass is 9.81. The van der Waals surface area contributed by atoms with Gasteiger partial charge in [-0.2, -0.15) is 16.4 Å². The van der Waals surface area contributed by atoms with Gasteiger partial charge in [-0.15, -0.1) is 0 Å². The average Bonchev–Trinajstić information content (AvgIpc) is 3.65. The fourth-order valence-electron chi connectivity index (χ4n) is 5.42. The minimum absolute atomic E-state index is 0.130. The Morgan fingerprint density at radius 2 is 1.86 bits per heavy atom. The van der Waals surface area contributed by atoms with E-state index in [0.717, 1.165) is 46.7 Å². The molecule has 0 spiro atoms. The third-order valence-corrected chi connectivity index (χ3v) is 8.22. The van der Waals surface area contributed by atoms with Crippen LogP contribution in [0.2, 0.25) is 0 Å². The molecule has 0 saturated carbocycles. The van der Waals surface area contributed by atoms with Gasteiger partial charge in [0, 0.05) is 23.2 Å². The van der Waals surface area contributed by atoms with Gasteiger partial charge in [0.15, 0.2) is 11.5 Å². The van der Waals surface area contributed by atoms with E-state index in [9.17, 15) is 4.79 Å². The van der Waals surface area contributed by atoms with Crippen LogP contribution in [-0.2, 0) is 19.6 Å². The normalized spacial score (nSPS) is 22.4. The second-order valence-electron chi connectivity index (χ2n) is 10.6. The van der Waals surface area contributed by atoms with E-state index in [1.54, 1.807) is 18.4 Å². The minimum Gasteiger partial charge on any atom is -0.501 e. The maximum atomic E-state index is 14.0. The molecule has 7 nitrogen and oxygen atoms in total. The van der Waals surface area contributed by atoms with E-state index in [1.807, 2.05) is 30.9 Å². The molecule has 3 aromatic rings. The molecular formula is C29H31N3O4S. The summed E-state index contributed by atoms with van der Waals surface area (Å²) in [6, 6.07) is 9.90. The highest BCUT2D eigenvalue weighted by Crippen LogP contribution is 2.48. The first-order valence-corrected chi connectivity index (χ1v) is 13.5. The molecular weight excluding hydrogens is 486 g/mol. The lowest BCUT2D eigenvalue weighted by molar-refractivity contribution is -0.267. The molecule has 1 aliphatic carbocycles. The number of carbonyl (C=O) groups is 1. The zero-order valence-electron chi connectivity index (χ0n) is 21.5. The number of benzene rings is 1. The van der Waals surface area contributed by atoms with Crippen LogP contribution in [0.25, 0.3) is 11.1 Å². The van der Waals surface area contributed by atoms with E-state index < -0.39 is 11.2 Å². The molecule has 37 heavy (non-hydrogen) atoms. The maximum absolute atomic E-state index is 14.0. The average molecular weight is 518 g/mol. The highest BCUT2D eigenvalue weighted by Gasteiger charge is 2.49. The van der Waals surface area contributed by atoms with E-state index in [4.69, 9.17) is 14.2 Å². The Morgan fingerprint density at radius 3 is 2.54 bits per heavy atom. The van der Waals surface area contributed by atoms with Crippen LogP contribution >= 0.6 is 11.3 Å². The zero-order valence-corrected chi connectivity index (χ0v) is 22.4. The summed E-state index contributed by atoms with van der Waals surface area (Å²) in [5.74, 6) is 0.114. The molecule has 1 N–H and O–H groups in total. The number of ether oxygens (including phenoxy) is 3. The number of nitrogens with one attached hydrogen (secondary N) is 1. The summed E-state index contributed by atoms with van der Waals surface area (Å²) >= 11 is 1.67. The number of allylic oxidation sites excluding steroid dienone is 2. The Labute approximate surface area is 220 Å². The molecule has 0 radical (unpaired) electrons. The molecule has 192 valence electrons. The van der Waals surface area contributed by atoms with Crippen LogP contribution in [0.15, 0.2) is 64.6 Å². The number of anilines is 1. The summed E-state index contributed by atoms with van der Waals surface area (Å²) in [6.45, 7) is 6.84. The third kappa shape index (κ3) is 4.04. The summed E-state index contributed by atoms with van der Waals surface area (Å²) in [6.07, 6.45) is 5.94. The molecule has 1 amide bonds. The van der Waals surface area contributed by atoms with Gasteiger partial charge in [0.25, 0.3) is 5.91 Å². The number of thiophene rings is 1. The molecule has 8 heteroatoms. The summed E-state index contributed by atoms with van der Waals surface area (Å²) in [7, 11) is 1.70. The predicted molar refractivity (Wildman–Crippen MR) is 144 cm³/mol. The van der Waals surface area contributed by atoms with Crippen LogP contribution < -0.4 is 4.90 Å². The first kappa shape index (κ1) is 24.2. The van der Waals surface area contributed by atoms with Gasteiger partial charge in [-0.1, -0.05) is 24.3 Å². The molecule has 1 fully saturated rings. The predicted octanol–water partition coefficient (Wildman–Crippen LogP) is 6.13. The fourth-order valence-corrected chi connectivity index (χ4v) is 6.09. The Morgan fingerprint density at radius 1 is 1.11 bits per heavy atom. The van der Waals surface area contributed by atoms with Gasteiger partial charge in [-0.25, -0.2) is 0 Å². The second-order valence-corrected chi connectivity index (χ2v) is 11.3. The van der Waals surface area contributed by atoms with Crippen LogP contribution in [0, 0.1) is 0 Å². The number of carbonyl (C=O) groups excluding carboxylic acids is 1. The first-order chi connectivity index (χ1) is 17.8. The van der Waals surface area contributed by atoms with Gasteiger partial charge in [0.05, 0.1) is 37.5 Å². The number of amides is 1. The van der Waals surface area contributed by atoms with Crippen molar-refractivity contribution in [2.45, 2.75) is 50.9 Å². The molecule has 4 heterocycles. The van der Waals surface area contributed by atoms with Crippen LogP contribution in [0.4, 0.5) is 5.69 Å². The number of hydrogen-bond acceptors (Lipinski definition) is 6. The number of H-pyrrole nitrogens is 1. The van der Waals surface area contributed by atoms with Crippen molar-refractivity contribution in [1.29, 1.82) is 0 Å². The molecule has 1 unspecified atom stereocenters. The molecule has 0 bridgehead atoms. The summed E-state index contributed by atoms with van der Waals surface area (Å²) in [5, 5.41) is 11.9. The van der Waals surface area contributed by atoms with E-state index in [1.165, 1.54) is 5.56 Å². The quantitative estimate of drug-likeness (QED) is 0.441. The SMILES string of the molecule is COC1=C(C2c3c(n[nH]c3C3(C)COC(C)(C)OC3)C(=O)N2c2ccc(-c3ccsc3)cc2)C=CCC1. The highest BCUT2D eigenvalue weighted by molar-refractivity contribution is 7.08. The van der Waals surface area contributed by atoms with Crippen molar-refractivity contribution < 1.29 is 19.0 Å². The molecule has 6 rings (SSSR count). The van der Waals surface area contributed by atoms with Crippen molar-refractivity contribution in [2.24, 2.45) is 0 Å². The molecule has 3 aliphatic rings. The number of nitrogens with zero attached hydrogens (tertiary/aromatic N) is 2. The van der Waals surface area contributed by atoms with Crippen LogP contribution in [0.5, 0.6) is 0 Å². The monoisotopic (exact) mass is 517 g/mol.